The van der Waals surface area contributed by atoms with Crippen LogP contribution in [0.2, 0.25) is 0 Å². The van der Waals surface area contributed by atoms with Crippen LogP contribution in [0.15, 0.2) is 18.7 Å². The number of rotatable bonds is 3. The summed E-state index contributed by atoms with van der Waals surface area (Å²) in [6.07, 6.45) is 4.89. The van der Waals surface area contributed by atoms with Crippen molar-refractivity contribution < 1.29 is 13.7 Å². The highest BCUT2D eigenvalue weighted by Gasteiger charge is 2.13. The molecule has 0 saturated heterocycles. The molecule has 0 N–H and O–H groups in total. The van der Waals surface area contributed by atoms with Gasteiger partial charge in [0.1, 0.15) is 12.4 Å². The highest BCUT2D eigenvalue weighted by molar-refractivity contribution is 4.69. The van der Waals surface area contributed by atoms with Gasteiger partial charge in [0.25, 0.3) is 0 Å². The summed E-state index contributed by atoms with van der Waals surface area (Å²) in [7, 11) is 3.37. The molecule has 62 valence electrons. The Labute approximate surface area is 65.0 Å². The Balaban J connectivity index is 2.73. The lowest BCUT2D eigenvalue weighted by Gasteiger charge is -2.05. The Hall–Kier alpha value is -0.900. The molecule has 0 amide bonds. The van der Waals surface area contributed by atoms with Crippen LogP contribution in [-0.4, -0.2) is 18.4 Å². The molecule has 1 rings (SSSR count). The monoisotopic (exact) mass is 159 g/mol. The lowest BCUT2D eigenvalue weighted by atomic mass is 10.6. The number of halogens is 1. The van der Waals surface area contributed by atoms with E-state index in [0.717, 1.165) is 0 Å². The molecule has 0 saturated carbocycles. The van der Waals surface area contributed by atoms with Crippen LogP contribution in [0, 0.1) is 0 Å². The maximum atomic E-state index is 12.2. The maximum absolute atomic E-state index is 12.2. The van der Waals surface area contributed by atoms with Gasteiger partial charge in [0.05, 0.1) is 7.05 Å². The molecule has 11 heavy (non-hydrogen) atoms. The minimum absolute atomic E-state index is 0.490. The molecule has 1 unspecified atom stereocenters. The summed E-state index contributed by atoms with van der Waals surface area (Å²) < 4.78 is 20.6. The topological polar surface area (TPSA) is 18.0 Å². The summed E-state index contributed by atoms with van der Waals surface area (Å²) in [5.41, 5.74) is 0. The van der Waals surface area contributed by atoms with Gasteiger partial charge in [0.2, 0.25) is 12.6 Å². The molecule has 1 atom stereocenters. The van der Waals surface area contributed by atoms with Crippen molar-refractivity contribution in [2.24, 2.45) is 7.05 Å². The first-order chi connectivity index (χ1) is 5.27. The molecule has 0 aliphatic carbocycles. The van der Waals surface area contributed by atoms with Gasteiger partial charge in [0, 0.05) is 7.11 Å². The van der Waals surface area contributed by atoms with Gasteiger partial charge in [-0.3, -0.25) is 0 Å². The Morgan fingerprint density at radius 1 is 1.73 bits per heavy atom. The molecule has 0 aliphatic heterocycles. The van der Waals surface area contributed by atoms with Crippen molar-refractivity contribution >= 4 is 0 Å². The van der Waals surface area contributed by atoms with E-state index in [-0.39, 0.29) is 0 Å². The van der Waals surface area contributed by atoms with Gasteiger partial charge >= 0.3 is 0 Å². The van der Waals surface area contributed by atoms with Crippen LogP contribution in [0.5, 0.6) is 0 Å². The third-order valence-corrected chi connectivity index (χ3v) is 1.53. The summed E-state index contributed by atoms with van der Waals surface area (Å²) in [5, 5.41) is 0. The zero-order chi connectivity index (χ0) is 8.27. The average Bonchev–Trinajstić information content (AvgIpc) is 2.39. The smallest absolute Gasteiger partial charge is 0.245 e. The van der Waals surface area contributed by atoms with E-state index in [1.807, 2.05) is 17.8 Å². The number of aryl methyl sites for hydroxylation is 1. The normalized spacial score (nSPS) is 13.4. The second kappa shape index (κ2) is 3.48. The van der Waals surface area contributed by atoms with Crippen LogP contribution in [0.25, 0.3) is 0 Å². The molecular weight excluding hydrogens is 147 g/mol. The Bertz CT molecular complexity index is 220. The largest absolute Gasteiger partial charge is 0.341 e. The fourth-order valence-electron chi connectivity index (χ4n) is 0.904. The summed E-state index contributed by atoms with van der Waals surface area (Å²) in [4.78, 5) is 0. The molecule has 3 nitrogen and oxygen atoms in total. The second-order valence-electron chi connectivity index (χ2n) is 2.37. The van der Waals surface area contributed by atoms with Crippen molar-refractivity contribution in [3.63, 3.8) is 0 Å². The number of methoxy groups -OCH3 is 1. The van der Waals surface area contributed by atoms with Gasteiger partial charge < -0.3 is 4.74 Å². The number of aromatic nitrogens is 2. The molecule has 0 spiro atoms. The number of alkyl halides is 1. The minimum atomic E-state index is -0.509. The maximum Gasteiger partial charge on any atom is 0.245 e. The summed E-state index contributed by atoms with van der Waals surface area (Å²) >= 11 is 0. The van der Waals surface area contributed by atoms with Crippen LogP contribution in [-0.2, 0) is 11.8 Å². The fourth-order valence-corrected chi connectivity index (χ4v) is 0.904. The highest BCUT2D eigenvalue weighted by atomic mass is 19.1. The summed E-state index contributed by atoms with van der Waals surface area (Å²) in [6, 6.07) is 0. The number of hydrogen-bond acceptors (Lipinski definition) is 1. The second-order valence-corrected chi connectivity index (χ2v) is 2.37. The summed E-state index contributed by atoms with van der Waals surface area (Å²) in [5.74, 6) is 0. The van der Waals surface area contributed by atoms with Crippen molar-refractivity contribution in [1.29, 1.82) is 0 Å². The highest BCUT2D eigenvalue weighted by Crippen LogP contribution is 2.05. The molecule has 0 fully saturated rings. The zero-order valence-corrected chi connectivity index (χ0v) is 6.70. The first-order valence-electron chi connectivity index (χ1n) is 3.39. The molecule has 0 aliphatic rings. The lowest BCUT2D eigenvalue weighted by molar-refractivity contribution is -0.671. The molecule has 1 heterocycles. The van der Waals surface area contributed by atoms with Gasteiger partial charge in [-0.25, -0.2) is 13.5 Å². The van der Waals surface area contributed by atoms with Crippen LogP contribution < -0.4 is 4.57 Å². The molecular formula is C7H12FN2O+. The van der Waals surface area contributed by atoms with E-state index in [1.54, 1.807) is 17.1 Å². The number of ether oxygens (including phenoxy) is 1. The number of hydrogen-bond donors (Lipinski definition) is 0. The van der Waals surface area contributed by atoms with Crippen molar-refractivity contribution in [2.45, 2.75) is 6.23 Å². The number of imidazole rings is 1. The number of nitrogens with zero attached hydrogens (tertiary/aromatic N) is 2. The predicted octanol–water partition coefficient (Wildman–Crippen LogP) is 0.427. The average molecular weight is 159 g/mol. The van der Waals surface area contributed by atoms with E-state index in [2.05, 4.69) is 0 Å². The van der Waals surface area contributed by atoms with Crippen molar-refractivity contribution in [1.82, 2.24) is 4.57 Å². The molecule has 1 aromatic heterocycles. The Morgan fingerprint density at radius 3 is 2.82 bits per heavy atom. The van der Waals surface area contributed by atoms with Crippen molar-refractivity contribution in [3.05, 3.63) is 18.7 Å². The fraction of sp³-hybridized carbons (Fsp3) is 0.571. The third kappa shape index (κ3) is 1.77. The van der Waals surface area contributed by atoms with Gasteiger partial charge in [-0.2, -0.15) is 0 Å². The van der Waals surface area contributed by atoms with Crippen LogP contribution in [0.3, 0.4) is 0 Å². The van der Waals surface area contributed by atoms with Gasteiger partial charge in [-0.05, 0) is 0 Å². The van der Waals surface area contributed by atoms with E-state index in [0.29, 0.717) is 0 Å². The van der Waals surface area contributed by atoms with Crippen LogP contribution >= 0.6 is 0 Å². The van der Waals surface area contributed by atoms with Crippen molar-refractivity contribution in [2.75, 3.05) is 13.8 Å². The van der Waals surface area contributed by atoms with E-state index in [1.165, 1.54) is 7.11 Å². The van der Waals surface area contributed by atoms with Crippen molar-refractivity contribution in [3.8, 4) is 0 Å². The SMILES string of the molecule is COC(CF)n1cc[n+](C)c1. The van der Waals surface area contributed by atoms with E-state index in [9.17, 15) is 4.39 Å². The minimum Gasteiger partial charge on any atom is -0.341 e. The standard InChI is InChI=1S/C7H12FN2O/c1-9-3-4-10(6-9)7(5-8)11-2/h3-4,6-7H,5H2,1-2H3/q+1. The van der Waals surface area contributed by atoms with Gasteiger partial charge in [-0.1, -0.05) is 0 Å². The van der Waals surface area contributed by atoms with E-state index < -0.39 is 12.9 Å². The Morgan fingerprint density at radius 2 is 2.45 bits per heavy atom. The first-order valence-corrected chi connectivity index (χ1v) is 3.39. The molecule has 0 bridgehead atoms. The van der Waals surface area contributed by atoms with E-state index >= 15 is 0 Å². The third-order valence-electron chi connectivity index (χ3n) is 1.53. The quantitative estimate of drug-likeness (QED) is 0.585. The summed E-state index contributed by atoms with van der Waals surface area (Å²) in [6.45, 7) is -0.509. The van der Waals surface area contributed by atoms with Crippen LogP contribution in [0.4, 0.5) is 4.39 Å². The lowest BCUT2D eigenvalue weighted by Crippen LogP contribution is -2.25. The molecule has 0 aromatic carbocycles. The molecule has 0 radical (unpaired) electrons. The predicted molar refractivity (Wildman–Crippen MR) is 37.6 cm³/mol. The Kier molecular flexibility index (Phi) is 2.59. The van der Waals surface area contributed by atoms with Gasteiger partial charge in [-0.15, -0.1) is 0 Å². The van der Waals surface area contributed by atoms with Gasteiger partial charge in [0.15, 0.2) is 6.67 Å². The van der Waals surface area contributed by atoms with E-state index in [4.69, 9.17) is 4.74 Å². The van der Waals surface area contributed by atoms with Crippen LogP contribution in [0.1, 0.15) is 6.23 Å². The first kappa shape index (κ1) is 8.20. The molecule has 1 aromatic rings. The molecule has 4 heteroatoms. The zero-order valence-electron chi connectivity index (χ0n) is 6.70.